The van der Waals surface area contributed by atoms with Gasteiger partial charge in [-0.25, -0.2) is 5.43 Å². The van der Waals surface area contributed by atoms with Crippen LogP contribution in [0.2, 0.25) is 5.02 Å². The number of halogens is 2. The maximum atomic E-state index is 12.4. The first-order chi connectivity index (χ1) is 13.9. The summed E-state index contributed by atoms with van der Waals surface area (Å²) in [5.41, 5.74) is 5.56. The molecule has 0 aromatic heterocycles. The van der Waals surface area contributed by atoms with E-state index in [0.717, 1.165) is 10.0 Å². The van der Waals surface area contributed by atoms with Crippen molar-refractivity contribution in [2.24, 2.45) is 5.10 Å². The Morgan fingerprint density at radius 3 is 2.17 bits per heavy atom. The van der Waals surface area contributed by atoms with E-state index in [1.54, 1.807) is 67.6 Å². The summed E-state index contributed by atoms with van der Waals surface area (Å²) < 4.78 is 0.895. The van der Waals surface area contributed by atoms with Crippen molar-refractivity contribution in [3.63, 3.8) is 0 Å². The van der Waals surface area contributed by atoms with E-state index in [4.69, 9.17) is 11.6 Å². The summed E-state index contributed by atoms with van der Waals surface area (Å²) in [7, 11) is 0. The van der Waals surface area contributed by atoms with Crippen molar-refractivity contribution in [2.45, 2.75) is 6.92 Å². The Morgan fingerprint density at radius 1 is 0.862 bits per heavy atom. The Labute approximate surface area is 181 Å². The second-order valence-electron chi connectivity index (χ2n) is 6.19. The van der Waals surface area contributed by atoms with E-state index in [-0.39, 0.29) is 11.8 Å². The molecule has 0 aliphatic rings. The first kappa shape index (κ1) is 20.8. The van der Waals surface area contributed by atoms with Crippen LogP contribution in [0.15, 0.2) is 82.4 Å². The van der Waals surface area contributed by atoms with E-state index in [0.29, 0.717) is 27.5 Å². The van der Waals surface area contributed by atoms with E-state index >= 15 is 0 Å². The second kappa shape index (κ2) is 9.49. The van der Waals surface area contributed by atoms with Crippen LogP contribution in [0.4, 0.5) is 5.69 Å². The van der Waals surface area contributed by atoms with Gasteiger partial charge < -0.3 is 5.32 Å². The number of carbonyl (C=O) groups is 2. The number of hydrazone groups is 1. The number of amides is 2. The van der Waals surface area contributed by atoms with Crippen molar-refractivity contribution >= 4 is 50.7 Å². The average molecular weight is 471 g/mol. The molecular formula is C22H17BrClN3O2. The summed E-state index contributed by atoms with van der Waals surface area (Å²) >= 11 is 9.19. The molecule has 0 fully saturated rings. The maximum Gasteiger partial charge on any atom is 0.271 e. The standard InChI is InChI=1S/C22H17BrClN3O2/c1-14(26-27-22(29)16-5-9-18(23)10-6-16)17-3-2-4-20(13-17)25-21(28)15-7-11-19(24)12-8-15/h2-13H,1H3,(H,25,28)(H,27,29)/b26-14-. The molecule has 0 radical (unpaired) electrons. The fraction of sp³-hybridized carbons (Fsp3) is 0.0455. The van der Waals surface area contributed by atoms with Gasteiger partial charge in [0.25, 0.3) is 11.8 Å². The minimum atomic E-state index is -0.302. The summed E-state index contributed by atoms with van der Waals surface area (Å²) in [4.78, 5) is 24.5. The minimum absolute atomic E-state index is 0.239. The number of anilines is 1. The average Bonchev–Trinajstić information content (AvgIpc) is 2.73. The van der Waals surface area contributed by atoms with Gasteiger partial charge in [0.2, 0.25) is 0 Å². The molecule has 146 valence electrons. The highest BCUT2D eigenvalue weighted by Gasteiger charge is 2.08. The Morgan fingerprint density at radius 2 is 1.48 bits per heavy atom. The Bertz CT molecular complexity index is 1060. The first-order valence-corrected chi connectivity index (χ1v) is 9.87. The van der Waals surface area contributed by atoms with Crippen LogP contribution < -0.4 is 10.7 Å². The number of carbonyl (C=O) groups excluding carboxylic acids is 2. The third-order valence-electron chi connectivity index (χ3n) is 4.08. The van der Waals surface area contributed by atoms with Crippen molar-refractivity contribution < 1.29 is 9.59 Å². The minimum Gasteiger partial charge on any atom is -0.322 e. The molecule has 0 atom stereocenters. The molecule has 29 heavy (non-hydrogen) atoms. The van der Waals surface area contributed by atoms with Crippen LogP contribution >= 0.6 is 27.5 Å². The van der Waals surface area contributed by atoms with Crippen LogP contribution in [-0.2, 0) is 0 Å². The van der Waals surface area contributed by atoms with E-state index in [1.807, 2.05) is 12.1 Å². The molecule has 0 unspecified atom stereocenters. The molecule has 0 saturated carbocycles. The van der Waals surface area contributed by atoms with Gasteiger partial charge in [0.05, 0.1) is 5.71 Å². The van der Waals surface area contributed by atoms with Crippen LogP contribution in [0.25, 0.3) is 0 Å². The smallest absolute Gasteiger partial charge is 0.271 e. The zero-order valence-electron chi connectivity index (χ0n) is 15.4. The van der Waals surface area contributed by atoms with Gasteiger partial charge in [-0.15, -0.1) is 0 Å². The lowest BCUT2D eigenvalue weighted by molar-refractivity contribution is 0.0954. The molecule has 0 aliphatic carbocycles. The van der Waals surface area contributed by atoms with Crippen molar-refractivity contribution in [2.75, 3.05) is 5.32 Å². The quantitative estimate of drug-likeness (QED) is 0.381. The van der Waals surface area contributed by atoms with Crippen LogP contribution in [-0.4, -0.2) is 17.5 Å². The van der Waals surface area contributed by atoms with Gasteiger partial charge >= 0.3 is 0 Å². The van der Waals surface area contributed by atoms with Gasteiger partial charge in [0, 0.05) is 26.3 Å². The van der Waals surface area contributed by atoms with Crippen molar-refractivity contribution in [3.05, 3.63) is 99.0 Å². The zero-order chi connectivity index (χ0) is 20.8. The molecule has 0 aliphatic heterocycles. The largest absolute Gasteiger partial charge is 0.322 e. The third kappa shape index (κ3) is 5.76. The van der Waals surface area contributed by atoms with Gasteiger partial charge in [-0.1, -0.05) is 39.7 Å². The van der Waals surface area contributed by atoms with Crippen LogP contribution in [0.5, 0.6) is 0 Å². The molecular weight excluding hydrogens is 454 g/mol. The summed E-state index contributed by atoms with van der Waals surface area (Å²) in [6.45, 7) is 1.78. The first-order valence-electron chi connectivity index (χ1n) is 8.70. The van der Waals surface area contributed by atoms with Gasteiger partial charge in [-0.05, 0) is 73.2 Å². The second-order valence-corrected chi connectivity index (χ2v) is 7.54. The lowest BCUT2D eigenvalue weighted by Gasteiger charge is -2.08. The SMILES string of the molecule is C/C(=N/NC(=O)c1ccc(Br)cc1)c1cccc(NC(=O)c2ccc(Cl)cc2)c1. The molecule has 3 aromatic rings. The molecule has 3 rings (SSSR count). The van der Waals surface area contributed by atoms with Crippen LogP contribution in [0.1, 0.15) is 33.2 Å². The Balaban J connectivity index is 1.68. The normalized spacial score (nSPS) is 11.1. The van der Waals surface area contributed by atoms with Gasteiger partial charge in [0.15, 0.2) is 0 Å². The van der Waals surface area contributed by atoms with E-state index in [2.05, 4.69) is 31.8 Å². The molecule has 0 spiro atoms. The Hall–Kier alpha value is -2.96. The van der Waals surface area contributed by atoms with E-state index in [1.165, 1.54) is 0 Å². The highest BCUT2D eigenvalue weighted by atomic mass is 79.9. The monoisotopic (exact) mass is 469 g/mol. The number of benzene rings is 3. The zero-order valence-corrected chi connectivity index (χ0v) is 17.8. The predicted octanol–water partition coefficient (Wildman–Crippen LogP) is 5.51. The summed E-state index contributed by atoms with van der Waals surface area (Å²) in [6.07, 6.45) is 0. The molecule has 0 saturated heterocycles. The number of nitrogens with zero attached hydrogens (tertiary/aromatic N) is 1. The number of hydrogen-bond acceptors (Lipinski definition) is 3. The van der Waals surface area contributed by atoms with Crippen molar-refractivity contribution in [1.29, 1.82) is 0 Å². The van der Waals surface area contributed by atoms with E-state index in [9.17, 15) is 9.59 Å². The number of rotatable bonds is 5. The Kier molecular flexibility index (Phi) is 6.80. The van der Waals surface area contributed by atoms with Crippen LogP contribution in [0, 0.1) is 0 Å². The molecule has 2 amide bonds. The highest BCUT2D eigenvalue weighted by molar-refractivity contribution is 9.10. The van der Waals surface area contributed by atoms with Crippen molar-refractivity contribution in [1.82, 2.24) is 5.43 Å². The molecule has 0 bridgehead atoms. The molecule has 3 aromatic carbocycles. The molecule has 0 heterocycles. The van der Waals surface area contributed by atoms with Gasteiger partial charge in [-0.3, -0.25) is 9.59 Å². The summed E-state index contributed by atoms with van der Waals surface area (Å²) in [5, 5.41) is 7.57. The third-order valence-corrected chi connectivity index (χ3v) is 4.86. The molecule has 7 heteroatoms. The lowest BCUT2D eigenvalue weighted by atomic mass is 10.1. The number of nitrogens with one attached hydrogen (secondary N) is 2. The lowest BCUT2D eigenvalue weighted by Crippen LogP contribution is -2.19. The van der Waals surface area contributed by atoms with Gasteiger partial charge in [-0.2, -0.15) is 5.10 Å². The molecule has 5 nitrogen and oxygen atoms in total. The molecule has 2 N–H and O–H groups in total. The van der Waals surface area contributed by atoms with E-state index < -0.39 is 0 Å². The summed E-state index contributed by atoms with van der Waals surface area (Å²) in [5.74, 6) is -0.541. The van der Waals surface area contributed by atoms with Crippen LogP contribution in [0.3, 0.4) is 0 Å². The summed E-state index contributed by atoms with van der Waals surface area (Å²) in [6, 6.07) is 20.9. The topological polar surface area (TPSA) is 70.6 Å². The highest BCUT2D eigenvalue weighted by Crippen LogP contribution is 2.15. The fourth-order valence-corrected chi connectivity index (χ4v) is 2.88. The maximum absolute atomic E-state index is 12.4. The van der Waals surface area contributed by atoms with Gasteiger partial charge in [0.1, 0.15) is 0 Å². The predicted molar refractivity (Wildman–Crippen MR) is 120 cm³/mol. The fourth-order valence-electron chi connectivity index (χ4n) is 2.49. The number of hydrogen-bond donors (Lipinski definition) is 2. The van der Waals surface area contributed by atoms with Crippen molar-refractivity contribution in [3.8, 4) is 0 Å².